The van der Waals surface area contributed by atoms with E-state index in [1.54, 1.807) is 0 Å². The summed E-state index contributed by atoms with van der Waals surface area (Å²) in [4.78, 5) is 7.39. The number of hydrogen-bond donors (Lipinski definition) is 2. The van der Waals surface area contributed by atoms with Gasteiger partial charge in [-0.1, -0.05) is 30.3 Å². The fourth-order valence-electron chi connectivity index (χ4n) is 3.72. The molecular formula is C22H35N7S. The number of guanidine groups is 1. The van der Waals surface area contributed by atoms with Crippen LogP contribution in [0.25, 0.3) is 0 Å². The van der Waals surface area contributed by atoms with Crippen LogP contribution in [0.3, 0.4) is 0 Å². The highest BCUT2D eigenvalue weighted by Crippen LogP contribution is 2.24. The SMILES string of the molecule is CSCCCNC(=NCc1nnc(C)n1C)NCC(c1ccccc1)N1CCCC1. The summed E-state index contributed by atoms with van der Waals surface area (Å²) in [6.07, 6.45) is 5.81. The van der Waals surface area contributed by atoms with Gasteiger partial charge in [0.1, 0.15) is 12.4 Å². The van der Waals surface area contributed by atoms with E-state index in [1.807, 2.05) is 30.3 Å². The lowest BCUT2D eigenvalue weighted by molar-refractivity contribution is 0.245. The molecule has 1 saturated heterocycles. The third-order valence-corrected chi connectivity index (χ3v) is 6.30. The fraction of sp³-hybridized carbons (Fsp3) is 0.591. The van der Waals surface area contributed by atoms with E-state index in [0.29, 0.717) is 12.6 Å². The van der Waals surface area contributed by atoms with Crippen molar-refractivity contribution in [2.24, 2.45) is 12.0 Å². The summed E-state index contributed by atoms with van der Waals surface area (Å²) >= 11 is 1.87. The van der Waals surface area contributed by atoms with Crippen LogP contribution < -0.4 is 10.6 Å². The second kappa shape index (κ2) is 12.0. The summed E-state index contributed by atoms with van der Waals surface area (Å²) in [5.41, 5.74) is 1.36. The number of thioether (sulfide) groups is 1. The molecule has 0 amide bonds. The van der Waals surface area contributed by atoms with Crippen molar-refractivity contribution in [3.05, 3.63) is 47.5 Å². The van der Waals surface area contributed by atoms with Gasteiger partial charge in [0, 0.05) is 20.1 Å². The first kappa shape index (κ1) is 22.6. The molecule has 30 heavy (non-hydrogen) atoms. The monoisotopic (exact) mass is 429 g/mol. The molecule has 1 atom stereocenters. The number of aromatic nitrogens is 3. The molecule has 1 aromatic heterocycles. The normalized spacial score (nSPS) is 16.0. The molecule has 1 fully saturated rings. The molecule has 1 aromatic carbocycles. The second-order valence-corrected chi connectivity index (χ2v) is 8.70. The first-order chi connectivity index (χ1) is 14.7. The number of benzene rings is 1. The molecule has 0 aliphatic carbocycles. The van der Waals surface area contributed by atoms with Crippen LogP contribution >= 0.6 is 11.8 Å². The molecule has 1 aliphatic rings. The lowest BCUT2D eigenvalue weighted by Gasteiger charge is -2.29. The van der Waals surface area contributed by atoms with E-state index in [1.165, 1.54) is 18.4 Å². The van der Waals surface area contributed by atoms with Crippen molar-refractivity contribution in [3.8, 4) is 0 Å². The van der Waals surface area contributed by atoms with Crippen LogP contribution in [0.2, 0.25) is 0 Å². The molecule has 0 spiro atoms. The molecule has 2 N–H and O–H groups in total. The zero-order valence-corrected chi connectivity index (χ0v) is 19.3. The first-order valence-corrected chi connectivity index (χ1v) is 12.2. The van der Waals surface area contributed by atoms with E-state index in [9.17, 15) is 0 Å². The molecule has 3 rings (SSSR count). The van der Waals surface area contributed by atoms with Gasteiger partial charge in [-0.25, -0.2) is 4.99 Å². The number of aryl methyl sites for hydroxylation is 1. The van der Waals surface area contributed by atoms with Gasteiger partial charge in [-0.15, -0.1) is 10.2 Å². The molecule has 0 radical (unpaired) electrons. The number of nitrogens with zero attached hydrogens (tertiary/aromatic N) is 5. The minimum Gasteiger partial charge on any atom is -0.356 e. The Hall–Kier alpha value is -2.06. The Balaban J connectivity index is 1.68. The molecule has 2 aromatic rings. The van der Waals surface area contributed by atoms with Gasteiger partial charge < -0.3 is 15.2 Å². The lowest BCUT2D eigenvalue weighted by atomic mass is 10.1. The highest BCUT2D eigenvalue weighted by molar-refractivity contribution is 7.98. The van der Waals surface area contributed by atoms with E-state index < -0.39 is 0 Å². The molecule has 0 saturated carbocycles. The molecule has 1 unspecified atom stereocenters. The Kier molecular flexibility index (Phi) is 9.01. The van der Waals surface area contributed by atoms with Crippen molar-refractivity contribution in [3.63, 3.8) is 0 Å². The quantitative estimate of drug-likeness (QED) is 0.344. The van der Waals surface area contributed by atoms with Crippen molar-refractivity contribution in [2.45, 2.75) is 38.8 Å². The van der Waals surface area contributed by atoms with Crippen molar-refractivity contribution < 1.29 is 0 Å². The maximum absolute atomic E-state index is 4.80. The molecule has 7 nitrogen and oxygen atoms in total. The highest BCUT2D eigenvalue weighted by Gasteiger charge is 2.23. The van der Waals surface area contributed by atoms with Crippen molar-refractivity contribution in [1.82, 2.24) is 30.3 Å². The summed E-state index contributed by atoms with van der Waals surface area (Å²) in [6.45, 7) is 6.52. The van der Waals surface area contributed by atoms with Gasteiger partial charge in [0.25, 0.3) is 0 Å². The number of hydrogen-bond acceptors (Lipinski definition) is 5. The molecular weight excluding hydrogens is 394 g/mol. The first-order valence-electron chi connectivity index (χ1n) is 10.8. The van der Waals surface area contributed by atoms with Crippen LogP contribution in [0.5, 0.6) is 0 Å². The third-order valence-electron chi connectivity index (χ3n) is 5.61. The number of likely N-dealkylation sites (tertiary alicyclic amines) is 1. The Morgan fingerprint density at radius 1 is 1.17 bits per heavy atom. The Labute approximate surface area is 184 Å². The van der Waals surface area contributed by atoms with Crippen LogP contribution in [0.15, 0.2) is 35.3 Å². The van der Waals surface area contributed by atoms with Gasteiger partial charge in [-0.05, 0) is 56.8 Å². The molecule has 1 aliphatic heterocycles. The zero-order chi connectivity index (χ0) is 21.2. The number of rotatable bonds is 10. The zero-order valence-electron chi connectivity index (χ0n) is 18.5. The van der Waals surface area contributed by atoms with Crippen LogP contribution in [0.1, 0.15) is 42.5 Å². The van der Waals surface area contributed by atoms with E-state index in [0.717, 1.165) is 56.0 Å². The van der Waals surface area contributed by atoms with E-state index in [2.05, 4.69) is 62.3 Å². The summed E-state index contributed by atoms with van der Waals surface area (Å²) in [6, 6.07) is 11.2. The van der Waals surface area contributed by atoms with Gasteiger partial charge in [-0.3, -0.25) is 4.90 Å². The maximum Gasteiger partial charge on any atom is 0.191 e. The average Bonchev–Trinajstić information content (AvgIpc) is 3.41. The van der Waals surface area contributed by atoms with Crippen molar-refractivity contribution in [2.75, 3.05) is 38.2 Å². The maximum atomic E-state index is 4.80. The van der Waals surface area contributed by atoms with Gasteiger partial charge in [0.05, 0.1) is 6.04 Å². The topological polar surface area (TPSA) is 70.4 Å². The van der Waals surface area contributed by atoms with Gasteiger partial charge in [0.15, 0.2) is 11.8 Å². The Bertz CT molecular complexity index is 784. The highest BCUT2D eigenvalue weighted by atomic mass is 32.2. The minimum absolute atomic E-state index is 0.351. The molecule has 164 valence electrons. The smallest absolute Gasteiger partial charge is 0.191 e. The number of aliphatic imine (C=N–C) groups is 1. The van der Waals surface area contributed by atoms with Gasteiger partial charge in [-0.2, -0.15) is 11.8 Å². The van der Waals surface area contributed by atoms with Crippen LogP contribution in [-0.2, 0) is 13.6 Å². The van der Waals surface area contributed by atoms with E-state index >= 15 is 0 Å². The van der Waals surface area contributed by atoms with Crippen LogP contribution in [0, 0.1) is 6.92 Å². The molecule has 8 heteroatoms. The van der Waals surface area contributed by atoms with Crippen molar-refractivity contribution >= 4 is 17.7 Å². The largest absolute Gasteiger partial charge is 0.356 e. The predicted octanol–water partition coefficient (Wildman–Crippen LogP) is 2.75. The fourth-order valence-corrected chi connectivity index (χ4v) is 4.15. The minimum atomic E-state index is 0.351. The molecule has 0 bridgehead atoms. The van der Waals surface area contributed by atoms with Crippen molar-refractivity contribution in [1.29, 1.82) is 0 Å². The summed E-state index contributed by atoms with van der Waals surface area (Å²) in [5.74, 6) is 3.76. The van der Waals surface area contributed by atoms with Gasteiger partial charge in [0.2, 0.25) is 0 Å². The predicted molar refractivity (Wildman–Crippen MR) is 126 cm³/mol. The molecule has 2 heterocycles. The van der Waals surface area contributed by atoms with E-state index in [4.69, 9.17) is 4.99 Å². The number of nitrogens with one attached hydrogen (secondary N) is 2. The average molecular weight is 430 g/mol. The van der Waals surface area contributed by atoms with Gasteiger partial charge >= 0.3 is 0 Å². The summed E-state index contributed by atoms with van der Waals surface area (Å²) in [7, 11) is 1.98. The van der Waals surface area contributed by atoms with E-state index in [-0.39, 0.29) is 0 Å². The van der Waals surface area contributed by atoms with Crippen LogP contribution in [-0.4, -0.2) is 63.8 Å². The second-order valence-electron chi connectivity index (χ2n) is 7.71. The Morgan fingerprint density at radius 2 is 1.93 bits per heavy atom. The van der Waals surface area contributed by atoms with Crippen LogP contribution in [0.4, 0.5) is 0 Å². The lowest BCUT2D eigenvalue weighted by Crippen LogP contribution is -2.43. The Morgan fingerprint density at radius 3 is 2.60 bits per heavy atom. The summed E-state index contributed by atoms with van der Waals surface area (Å²) < 4.78 is 1.99. The summed E-state index contributed by atoms with van der Waals surface area (Å²) in [5, 5.41) is 15.5. The third kappa shape index (κ3) is 6.47. The standard InChI is InChI=1S/C22H35N7S/c1-18-26-27-21(28(18)2)17-25-22(23-12-9-15-30-3)24-16-20(29-13-7-8-14-29)19-10-5-4-6-11-19/h4-6,10-11,20H,7-9,12-17H2,1-3H3,(H2,23,24,25).